The highest BCUT2D eigenvalue weighted by Crippen LogP contribution is 2.07. The van der Waals surface area contributed by atoms with Crippen molar-refractivity contribution in [1.82, 2.24) is 0 Å². The number of aryl methyl sites for hydroxylation is 2. The van der Waals surface area contributed by atoms with Crippen LogP contribution in [0.1, 0.15) is 11.1 Å². The van der Waals surface area contributed by atoms with E-state index < -0.39 is 7.59 Å². The Kier molecular flexibility index (Phi) is 4.88. The summed E-state index contributed by atoms with van der Waals surface area (Å²) in [7, 11) is -3.14. The van der Waals surface area contributed by atoms with Gasteiger partial charge < -0.3 is 0 Å². The third-order valence-electron chi connectivity index (χ3n) is 1.43. The molecule has 0 aliphatic rings. The van der Waals surface area contributed by atoms with Gasteiger partial charge in [0.2, 0.25) is 0 Å². The first kappa shape index (κ1) is 12.3. The van der Waals surface area contributed by atoms with Crippen LogP contribution in [0.15, 0.2) is 24.3 Å². The van der Waals surface area contributed by atoms with Crippen molar-refractivity contribution < 1.29 is 4.57 Å². The van der Waals surface area contributed by atoms with E-state index in [0.29, 0.717) is 0 Å². The Morgan fingerprint density at radius 2 is 1.23 bits per heavy atom. The van der Waals surface area contributed by atoms with E-state index in [-0.39, 0.29) is 0 Å². The molecule has 74 valence electrons. The third-order valence-corrected chi connectivity index (χ3v) is 1.43. The van der Waals surface area contributed by atoms with E-state index in [9.17, 15) is 4.57 Å². The summed E-state index contributed by atoms with van der Waals surface area (Å²) in [6.45, 7) is 4.24. The molecular formula is C8H16N3OP. The number of hydrogen-bond acceptors (Lipinski definition) is 1. The zero-order valence-electron chi connectivity index (χ0n) is 7.90. The van der Waals surface area contributed by atoms with Gasteiger partial charge in [0.1, 0.15) is 0 Å². The van der Waals surface area contributed by atoms with Crippen molar-refractivity contribution in [2.24, 2.45) is 16.5 Å². The third kappa shape index (κ3) is 9.24. The van der Waals surface area contributed by atoms with Crippen LogP contribution in [0.4, 0.5) is 0 Å². The van der Waals surface area contributed by atoms with E-state index in [1.807, 2.05) is 0 Å². The Balaban J connectivity index is 0.000000252. The second-order valence-corrected chi connectivity index (χ2v) is 4.37. The SMILES string of the molecule is Cc1ccccc1C.NP(N)(N)=O. The molecule has 5 heteroatoms. The predicted octanol–water partition coefficient (Wildman–Crippen LogP) is 1.27. The van der Waals surface area contributed by atoms with Gasteiger partial charge >= 0.3 is 0 Å². The van der Waals surface area contributed by atoms with Gasteiger partial charge in [0.15, 0.2) is 0 Å². The fourth-order valence-corrected chi connectivity index (χ4v) is 0.663. The first-order chi connectivity index (χ1) is 5.80. The first-order valence-electron chi connectivity index (χ1n) is 3.78. The van der Waals surface area contributed by atoms with E-state index in [0.717, 1.165) is 0 Å². The molecule has 0 aliphatic heterocycles. The van der Waals surface area contributed by atoms with Crippen molar-refractivity contribution in [2.75, 3.05) is 0 Å². The summed E-state index contributed by atoms with van der Waals surface area (Å²) in [5, 5.41) is 0. The summed E-state index contributed by atoms with van der Waals surface area (Å²) in [6, 6.07) is 8.36. The van der Waals surface area contributed by atoms with Crippen molar-refractivity contribution in [1.29, 1.82) is 0 Å². The maximum atomic E-state index is 9.55. The molecule has 1 aromatic carbocycles. The highest BCUT2D eigenvalue weighted by Gasteiger charge is 1.90. The second kappa shape index (κ2) is 5.14. The maximum absolute atomic E-state index is 9.55. The van der Waals surface area contributed by atoms with Crippen LogP contribution in [0.25, 0.3) is 0 Å². The van der Waals surface area contributed by atoms with Crippen LogP contribution < -0.4 is 16.5 Å². The molecule has 0 amide bonds. The normalized spacial score (nSPS) is 10.2. The van der Waals surface area contributed by atoms with Gasteiger partial charge in [-0.2, -0.15) is 0 Å². The Labute approximate surface area is 78.6 Å². The summed E-state index contributed by atoms with van der Waals surface area (Å²) in [4.78, 5) is 0. The molecule has 0 saturated heterocycles. The van der Waals surface area contributed by atoms with E-state index >= 15 is 0 Å². The molecule has 1 aromatic rings. The average molecular weight is 201 g/mol. The van der Waals surface area contributed by atoms with Crippen LogP contribution in [0, 0.1) is 13.8 Å². The van der Waals surface area contributed by atoms with Gasteiger partial charge in [-0.05, 0) is 25.0 Å². The van der Waals surface area contributed by atoms with E-state index in [1.165, 1.54) is 11.1 Å². The number of benzene rings is 1. The lowest BCUT2D eigenvalue weighted by molar-refractivity contribution is 0.577. The predicted molar refractivity (Wildman–Crippen MR) is 56.1 cm³/mol. The molecule has 0 atom stereocenters. The Bertz CT molecular complexity index is 279. The zero-order chi connectivity index (χ0) is 10.5. The molecule has 0 aliphatic carbocycles. The minimum absolute atomic E-state index is 1.37. The molecule has 6 N–H and O–H groups in total. The maximum Gasteiger partial charge on any atom is 0.271 e. The zero-order valence-corrected chi connectivity index (χ0v) is 8.79. The molecule has 0 fully saturated rings. The number of rotatable bonds is 0. The van der Waals surface area contributed by atoms with E-state index in [1.54, 1.807) is 0 Å². The van der Waals surface area contributed by atoms with E-state index in [4.69, 9.17) is 0 Å². The van der Waals surface area contributed by atoms with Crippen molar-refractivity contribution >= 4 is 7.59 Å². The van der Waals surface area contributed by atoms with Crippen LogP contribution in [0.3, 0.4) is 0 Å². The molecule has 1 rings (SSSR count). The largest absolute Gasteiger partial charge is 0.272 e. The van der Waals surface area contributed by atoms with Gasteiger partial charge in [0.25, 0.3) is 7.59 Å². The molecule has 0 spiro atoms. The minimum Gasteiger partial charge on any atom is -0.272 e. The smallest absolute Gasteiger partial charge is 0.271 e. The highest BCUT2D eigenvalue weighted by molar-refractivity contribution is 7.56. The summed E-state index contributed by atoms with van der Waals surface area (Å²) in [6.07, 6.45) is 0. The summed E-state index contributed by atoms with van der Waals surface area (Å²) < 4.78 is 9.55. The quantitative estimate of drug-likeness (QED) is 0.551. The second-order valence-electron chi connectivity index (χ2n) is 2.85. The number of nitrogens with two attached hydrogens (primary N) is 3. The van der Waals surface area contributed by atoms with Gasteiger partial charge in [-0.3, -0.25) is 21.1 Å². The monoisotopic (exact) mass is 201 g/mol. The molecule has 0 radical (unpaired) electrons. The van der Waals surface area contributed by atoms with Crippen molar-refractivity contribution in [3.8, 4) is 0 Å². The molecular weight excluding hydrogens is 185 g/mol. The van der Waals surface area contributed by atoms with Crippen LogP contribution in [-0.2, 0) is 4.57 Å². The first-order valence-corrected chi connectivity index (χ1v) is 5.70. The average Bonchev–Trinajstić information content (AvgIpc) is 1.92. The van der Waals surface area contributed by atoms with Crippen LogP contribution in [0.5, 0.6) is 0 Å². The van der Waals surface area contributed by atoms with Crippen LogP contribution >= 0.6 is 7.59 Å². The molecule has 0 unspecified atom stereocenters. The molecule has 0 heterocycles. The minimum atomic E-state index is -3.14. The lowest BCUT2D eigenvalue weighted by atomic mass is 10.1. The Morgan fingerprint density at radius 3 is 1.38 bits per heavy atom. The fraction of sp³-hybridized carbons (Fsp3) is 0.250. The number of hydrogen-bond donors (Lipinski definition) is 3. The molecule has 0 saturated carbocycles. The molecule has 0 aromatic heterocycles. The van der Waals surface area contributed by atoms with Crippen molar-refractivity contribution in [3.05, 3.63) is 35.4 Å². The topological polar surface area (TPSA) is 95.1 Å². The molecule has 4 nitrogen and oxygen atoms in total. The van der Waals surface area contributed by atoms with Gasteiger partial charge in [-0.15, -0.1) is 0 Å². The van der Waals surface area contributed by atoms with E-state index in [2.05, 4.69) is 54.6 Å². The van der Waals surface area contributed by atoms with Crippen molar-refractivity contribution in [2.45, 2.75) is 13.8 Å². The summed E-state index contributed by atoms with van der Waals surface area (Å²) in [5.74, 6) is 0. The van der Waals surface area contributed by atoms with Crippen LogP contribution in [-0.4, -0.2) is 0 Å². The fourth-order valence-electron chi connectivity index (χ4n) is 0.663. The summed E-state index contributed by atoms with van der Waals surface area (Å²) >= 11 is 0. The molecule has 0 bridgehead atoms. The lowest BCUT2D eigenvalue weighted by Gasteiger charge is -1.93. The Morgan fingerprint density at radius 1 is 1.00 bits per heavy atom. The van der Waals surface area contributed by atoms with Gasteiger partial charge in [-0.25, -0.2) is 0 Å². The van der Waals surface area contributed by atoms with Crippen molar-refractivity contribution in [3.63, 3.8) is 0 Å². The van der Waals surface area contributed by atoms with Crippen LogP contribution in [0.2, 0.25) is 0 Å². The lowest BCUT2D eigenvalue weighted by Crippen LogP contribution is -2.12. The van der Waals surface area contributed by atoms with Gasteiger partial charge in [0, 0.05) is 0 Å². The highest BCUT2D eigenvalue weighted by atomic mass is 31.2. The summed E-state index contributed by atoms with van der Waals surface area (Å²) in [5.41, 5.74) is 16.1. The molecule has 13 heavy (non-hydrogen) atoms. The Hall–Kier alpha value is -0.670. The van der Waals surface area contributed by atoms with Gasteiger partial charge in [0.05, 0.1) is 0 Å². The standard InChI is InChI=1S/C8H10.H6N3OP/c1-7-5-3-4-6-8(7)2;1-5(2,3)4/h3-6H,1-2H3;(H6,1,2,3,4). The van der Waals surface area contributed by atoms with Gasteiger partial charge in [-0.1, -0.05) is 24.3 Å².